The molecule has 5 rings (SSSR count). The zero-order valence-corrected chi connectivity index (χ0v) is 23.0. The molecule has 2 N–H and O–H groups in total. The standard InChI is InChI=1S/C28H41N5O4/c1-17-15-32(26(35)36)16-28(5,27(2,3)4)33(17)25-30-23-21(11-8-12-22(23)37-25)24(34)29-18-13-19-9-7-10-20(14-18)31(19)6/h8,11-12,17-20H,7,9-10,13-16H2,1-6H3,(H,29,34)(H,35,36)/t17-,18?,19?,20?,28+/m1/s1. The first-order valence-electron chi connectivity index (χ1n) is 13.6. The Labute approximate surface area is 219 Å². The largest absolute Gasteiger partial charge is 0.465 e. The van der Waals surface area contributed by atoms with Gasteiger partial charge in [0.1, 0.15) is 5.52 Å². The number of piperazine rings is 1. The molecule has 4 heterocycles. The first-order chi connectivity index (χ1) is 17.4. The molecular weight excluding hydrogens is 470 g/mol. The normalized spacial score (nSPS) is 31.0. The minimum atomic E-state index is -0.920. The zero-order chi connectivity index (χ0) is 26.7. The minimum absolute atomic E-state index is 0.111. The molecule has 2 unspecified atom stereocenters. The molecule has 202 valence electrons. The third kappa shape index (κ3) is 4.45. The van der Waals surface area contributed by atoms with Crippen molar-refractivity contribution in [1.29, 1.82) is 0 Å². The molecule has 3 saturated heterocycles. The Bertz CT molecular complexity index is 1170. The van der Waals surface area contributed by atoms with E-state index in [1.165, 1.54) is 24.2 Å². The molecule has 2 amide bonds. The van der Waals surface area contributed by atoms with Crippen molar-refractivity contribution in [2.24, 2.45) is 5.41 Å². The van der Waals surface area contributed by atoms with Crippen molar-refractivity contribution in [3.8, 4) is 0 Å². The predicted molar refractivity (Wildman–Crippen MR) is 143 cm³/mol. The van der Waals surface area contributed by atoms with Gasteiger partial charge in [-0.05, 0) is 64.1 Å². The van der Waals surface area contributed by atoms with Crippen LogP contribution in [-0.2, 0) is 0 Å². The molecule has 2 bridgehead atoms. The maximum absolute atomic E-state index is 13.5. The van der Waals surface area contributed by atoms with Gasteiger partial charge in [-0.25, -0.2) is 4.79 Å². The Hall–Kier alpha value is -2.81. The van der Waals surface area contributed by atoms with Crippen LogP contribution in [0.1, 0.15) is 77.1 Å². The van der Waals surface area contributed by atoms with E-state index in [2.05, 4.69) is 49.9 Å². The summed E-state index contributed by atoms with van der Waals surface area (Å²) in [6.45, 7) is 11.1. The lowest BCUT2D eigenvalue weighted by molar-refractivity contribution is 0.0463. The number of aromatic nitrogens is 1. The van der Waals surface area contributed by atoms with Crippen LogP contribution in [0, 0.1) is 5.41 Å². The quantitative estimate of drug-likeness (QED) is 0.623. The number of carboxylic acid groups (broad SMARTS) is 1. The Morgan fingerprint density at radius 1 is 1.19 bits per heavy atom. The number of carbonyl (C=O) groups excluding carboxylic acids is 1. The van der Waals surface area contributed by atoms with Crippen LogP contribution in [0.15, 0.2) is 22.6 Å². The van der Waals surface area contributed by atoms with Gasteiger partial charge in [-0.15, -0.1) is 0 Å². The second kappa shape index (κ2) is 9.19. The van der Waals surface area contributed by atoms with Gasteiger partial charge in [0.05, 0.1) is 11.1 Å². The van der Waals surface area contributed by atoms with E-state index >= 15 is 0 Å². The summed E-state index contributed by atoms with van der Waals surface area (Å²) in [4.78, 5) is 36.3. The third-order valence-corrected chi connectivity index (χ3v) is 9.38. The maximum atomic E-state index is 13.5. The summed E-state index contributed by atoms with van der Waals surface area (Å²) in [5.41, 5.74) is 0.783. The maximum Gasteiger partial charge on any atom is 0.407 e. The highest BCUT2D eigenvalue weighted by molar-refractivity contribution is 6.04. The van der Waals surface area contributed by atoms with Gasteiger partial charge in [0.25, 0.3) is 11.9 Å². The fourth-order valence-corrected chi connectivity index (χ4v) is 6.76. The van der Waals surface area contributed by atoms with Crippen molar-refractivity contribution in [3.05, 3.63) is 23.8 Å². The molecule has 0 spiro atoms. The van der Waals surface area contributed by atoms with E-state index in [1.54, 1.807) is 0 Å². The lowest BCUT2D eigenvalue weighted by Crippen LogP contribution is -2.70. The number of piperidine rings is 2. The van der Waals surface area contributed by atoms with Crippen LogP contribution in [0.25, 0.3) is 11.1 Å². The van der Waals surface area contributed by atoms with Crippen LogP contribution in [0.2, 0.25) is 0 Å². The summed E-state index contributed by atoms with van der Waals surface area (Å²) in [5, 5.41) is 13.0. The van der Waals surface area contributed by atoms with Crippen molar-refractivity contribution in [3.63, 3.8) is 0 Å². The molecule has 0 radical (unpaired) electrons. The number of hydrogen-bond donors (Lipinski definition) is 2. The van der Waals surface area contributed by atoms with Crippen molar-refractivity contribution >= 4 is 29.1 Å². The first-order valence-corrected chi connectivity index (χ1v) is 13.6. The second-order valence-electron chi connectivity index (χ2n) is 12.6. The highest BCUT2D eigenvalue weighted by Crippen LogP contribution is 2.43. The van der Waals surface area contributed by atoms with E-state index < -0.39 is 11.6 Å². The molecule has 0 aliphatic carbocycles. The summed E-state index contributed by atoms with van der Waals surface area (Å²) < 4.78 is 6.28. The molecule has 0 saturated carbocycles. The number of benzene rings is 1. The molecule has 9 nitrogen and oxygen atoms in total. The Balaban J connectivity index is 1.44. The molecule has 1 aromatic carbocycles. The number of nitrogens with zero attached hydrogens (tertiary/aromatic N) is 4. The van der Waals surface area contributed by atoms with E-state index in [9.17, 15) is 14.7 Å². The van der Waals surface area contributed by atoms with Crippen molar-refractivity contribution < 1.29 is 19.1 Å². The number of fused-ring (bicyclic) bond motifs is 3. The van der Waals surface area contributed by atoms with Gasteiger partial charge in [-0.3, -0.25) is 4.79 Å². The fraction of sp³-hybridized carbons (Fsp3) is 0.679. The smallest absolute Gasteiger partial charge is 0.407 e. The number of amides is 2. The van der Waals surface area contributed by atoms with E-state index in [0.29, 0.717) is 47.9 Å². The number of para-hydroxylation sites is 1. The molecule has 2 aromatic rings. The van der Waals surface area contributed by atoms with Gasteiger partial charge >= 0.3 is 6.09 Å². The Morgan fingerprint density at radius 2 is 1.86 bits per heavy atom. The number of hydrogen-bond acceptors (Lipinski definition) is 6. The predicted octanol–water partition coefficient (Wildman–Crippen LogP) is 4.57. The number of nitrogens with one attached hydrogen (secondary N) is 1. The summed E-state index contributed by atoms with van der Waals surface area (Å²) in [6.07, 6.45) is 4.70. The van der Waals surface area contributed by atoms with Gasteiger partial charge in [0, 0.05) is 37.3 Å². The van der Waals surface area contributed by atoms with Crippen molar-refractivity contribution in [2.75, 3.05) is 25.0 Å². The van der Waals surface area contributed by atoms with Crippen LogP contribution in [0.5, 0.6) is 0 Å². The van der Waals surface area contributed by atoms with Gasteiger partial charge in [0.15, 0.2) is 5.58 Å². The minimum Gasteiger partial charge on any atom is -0.465 e. The molecule has 37 heavy (non-hydrogen) atoms. The van der Waals surface area contributed by atoms with Crippen molar-refractivity contribution in [1.82, 2.24) is 20.1 Å². The van der Waals surface area contributed by atoms with Crippen LogP contribution in [0.4, 0.5) is 10.8 Å². The van der Waals surface area contributed by atoms with Gasteiger partial charge in [-0.1, -0.05) is 33.3 Å². The molecule has 4 atom stereocenters. The molecule has 3 aliphatic heterocycles. The van der Waals surface area contributed by atoms with E-state index in [0.717, 1.165) is 12.8 Å². The first kappa shape index (κ1) is 25.8. The second-order valence-corrected chi connectivity index (χ2v) is 12.6. The lowest BCUT2D eigenvalue weighted by atomic mass is 9.71. The van der Waals surface area contributed by atoms with E-state index in [-0.39, 0.29) is 23.4 Å². The summed E-state index contributed by atoms with van der Waals surface area (Å²) >= 11 is 0. The molecule has 9 heteroatoms. The molecular formula is C28H41N5O4. The molecule has 3 aliphatic rings. The van der Waals surface area contributed by atoms with E-state index in [4.69, 9.17) is 9.40 Å². The topological polar surface area (TPSA) is 102 Å². The fourth-order valence-electron chi connectivity index (χ4n) is 6.76. The zero-order valence-electron chi connectivity index (χ0n) is 23.0. The lowest BCUT2D eigenvalue weighted by Gasteiger charge is -2.56. The van der Waals surface area contributed by atoms with Gasteiger partial charge < -0.3 is 29.5 Å². The number of oxazole rings is 1. The number of carbonyl (C=O) groups is 2. The van der Waals surface area contributed by atoms with Crippen LogP contribution in [-0.4, -0.2) is 81.7 Å². The summed E-state index contributed by atoms with van der Waals surface area (Å²) in [5.74, 6) is -0.111. The summed E-state index contributed by atoms with van der Waals surface area (Å²) in [7, 11) is 2.22. The van der Waals surface area contributed by atoms with E-state index in [1.807, 2.05) is 25.1 Å². The molecule has 1 aromatic heterocycles. The van der Waals surface area contributed by atoms with Gasteiger partial charge in [-0.2, -0.15) is 4.98 Å². The highest BCUT2D eigenvalue weighted by atomic mass is 16.4. The van der Waals surface area contributed by atoms with Crippen LogP contribution < -0.4 is 10.2 Å². The van der Waals surface area contributed by atoms with Crippen LogP contribution >= 0.6 is 0 Å². The average Bonchev–Trinajstić information content (AvgIpc) is 3.22. The van der Waals surface area contributed by atoms with Gasteiger partial charge in [0.2, 0.25) is 0 Å². The Morgan fingerprint density at radius 3 is 2.49 bits per heavy atom. The Kier molecular flexibility index (Phi) is 6.41. The highest BCUT2D eigenvalue weighted by Gasteiger charge is 2.51. The number of anilines is 1. The third-order valence-electron chi connectivity index (χ3n) is 9.38. The monoisotopic (exact) mass is 511 g/mol. The summed E-state index contributed by atoms with van der Waals surface area (Å²) in [6, 6.07) is 7.00. The van der Waals surface area contributed by atoms with Crippen molar-refractivity contribution in [2.45, 2.75) is 96.4 Å². The molecule has 3 fully saturated rings. The number of rotatable bonds is 3. The SMILES string of the molecule is C[C@@H]1CN(C(=O)O)C[C@@](C)(C(C)(C)C)N1c1nc2c(C(=O)NC3CC4CCCC(C3)N4C)cccc2o1. The average molecular weight is 512 g/mol. The van der Waals surface area contributed by atoms with Crippen LogP contribution in [0.3, 0.4) is 0 Å².